The maximum atomic E-state index is 13.8. The van der Waals surface area contributed by atoms with Gasteiger partial charge in [0.05, 0.1) is 5.02 Å². The van der Waals surface area contributed by atoms with Crippen LogP contribution >= 0.6 is 23.2 Å². The zero-order valence-electron chi connectivity index (χ0n) is 23.3. The second-order valence-electron chi connectivity index (χ2n) is 10.1. The van der Waals surface area contributed by atoms with Crippen molar-refractivity contribution < 1.29 is 22.7 Å². The van der Waals surface area contributed by atoms with Gasteiger partial charge in [0, 0.05) is 30.2 Å². The molecule has 0 saturated carbocycles. The normalized spacial score (nSPS) is 11.5. The van der Waals surface area contributed by atoms with E-state index in [9.17, 15) is 22.7 Å². The Kier molecular flexibility index (Phi) is 9.66. The maximum Gasteiger partial charge on any atom is 0.251 e. The number of aromatic hydroxyl groups is 1. The zero-order valence-corrected chi connectivity index (χ0v) is 25.6. The second kappa shape index (κ2) is 13.6. The summed E-state index contributed by atoms with van der Waals surface area (Å²) >= 11 is 12.1. The van der Waals surface area contributed by atoms with Gasteiger partial charge in [-0.05, 0) is 70.3 Å². The molecule has 0 atom stereocenters. The van der Waals surface area contributed by atoms with Crippen molar-refractivity contribution in [1.82, 2.24) is 9.62 Å². The monoisotopic (exact) mass is 648 g/mol. The molecule has 5 rings (SSSR count). The predicted molar refractivity (Wildman–Crippen MR) is 170 cm³/mol. The van der Waals surface area contributed by atoms with E-state index in [0.29, 0.717) is 23.2 Å². The third kappa shape index (κ3) is 7.46. The fourth-order valence-electron chi connectivity index (χ4n) is 4.64. The van der Waals surface area contributed by atoms with Gasteiger partial charge in [-0.25, -0.2) is 12.8 Å². The van der Waals surface area contributed by atoms with Crippen molar-refractivity contribution in [1.29, 1.82) is 0 Å². The molecule has 0 unspecified atom stereocenters. The summed E-state index contributed by atoms with van der Waals surface area (Å²) in [6.07, 6.45) is 0. The number of phenols is 1. The van der Waals surface area contributed by atoms with E-state index >= 15 is 0 Å². The number of halogens is 3. The molecule has 44 heavy (non-hydrogen) atoms. The van der Waals surface area contributed by atoms with Crippen molar-refractivity contribution in [2.45, 2.75) is 24.5 Å². The van der Waals surface area contributed by atoms with E-state index in [1.54, 1.807) is 24.3 Å². The van der Waals surface area contributed by atoms with Crippen molar-refractivity contribution in [3.8, 4) is 16.9 Å². The molecule has 0 fully saturated rings. The van der Waals surface area contributed by atoms with Crippen LogP contribution < -0.4 is 5.32 Å². The van der Waals surface area contributed by atoms with Crippen LogP contribution in [0.2, 0.25) is 10.0 Å². The summed E-state index contributed by atoms with van der Waals surface area (Å²) in [4.78, 5) is 12.5. The summed E-state index contributed by atoms with van der Waals surface area (Å²) in [5.74, 6) is -1.36. The number of nitrogens with zero attached hydrogens (tertiary/aromatic N) is 1. The predicted octanol–water partition coefficient (Wildman–Crippen LogP) is 7.83. The number of phenolic OH excluding ortho intramolecular Hbond substituents is 1. The van der Waals surface area contributed by atoms with Gasteiger partial charge in [-0.3, -0.25) is 4.79 Å². The molecule has 5 aromatic carbocycles. The Balaban J connectivity index is 1.33. The van der Waals surface area contributed by atoms with Gasteiger partial charge in [-0.15, -0.1) is 0 Å². The molecule has 0 spiro atoms. The fraction of sp³-hybridized carbons (Fsp3) is 0.0882. The number of hydrogen-bond acceptors (Lipinski definition) is 4. The van der Waals surface area contributed by atoms with Gasteiger partial charge in [0.2, 0.25) is 10.0 Å². The van der Waals surface area contributed by atoms with Crippen LogP contribution in [0.25, 0.3) is 11.1 Å². The van der Waals surface area contributed by atoms with Crippen LogP contribution in [0.3, 0.4) is 0 Å². The molecule has 0 aromatic heterocycles. The lowest BCUT2D eigenvalue weighted by Gasteiger charge is -2.23. The molecule has 0 saturated heterocycles. The molecule has 10 heteroatoms. The van der Waals surface area contributed by atoms with Crippen molar-refractivity contribution in [2.75, 3.05) is 0 Å². The van der Waals surface area contributed by atoms with Gasteiger partial charge >= 0.3 is 0 Å². The van der Waals surface area contributed by atoms with Gasteiger partial charge in [0.25, 0.3) is 5.91 Å². The van der Waals surface area contributed by atoms with Crippen molar-refractivity contribution in [3.05, 3.63) is 153 Å². The highest BCUT2D eigenvalue weighted by atomic mass is 35.5. The Morgan fingerprint density at radius 3 is 2.02 bits per heavy atom. The summed E-state index contributed by atoms with van der Waals surface area (Å²) in [5, 5.41) is 13.2. The summed E-state index contributed by atoms with van der Waals surface area (Å²) in [5.41, 5.74) is 4.59. The molecule has 5 aromatic rings. The molecule has 6 nitrogen and oxygen atoms in total. The Hall–Kier alpha value is -4.21. The Bertz CT molecular complexity index is 1890. The van der Waals surface area contributed by atoms with Crippen LogP contribution in [0, 0.1) is 5.82 Å². The van der Waals surface area contributed by atoms with E-state index in [4.69, 9.17) is 23.2 Å². The Morgan fingerprint density at radius 2 is 1.36 bits per heavy atom. The fourth-order valence-corrected chi connectivity index (χ4v) is 6.80. The van der Waals surface area contributed by atoms with Gasteiger partial charge < -0.3 is 10.4 Å². The number of rotatable bonds is 10. The van der Waals surface area contributed by atoms with Crippen LogP contribution in [0.15, 0.2) is 120 Å². The number of carbonyl (C=O) groups is 1. The quantitative estimate of drug-likeness (QED) is 0.162. The summed E-state index contributed by atoms with van der Waals surface area (Å²) in [6, 6.07) is 32.2. The Labute approximate surface area is 265 Å². The van der Waals surface area contributed by atoms with E-state index in [1.807, 2.05) is 54.6 Å². The first kappa shape index (κ1) is 31.2. The molecular weight excluding hydrogens is 622 g/mol. The molecule has 0 aliphatic heterocycles. The number of amides is 1. The van der Waals surface area contributed by atoms with Crippen molar-refractivity contribution in [3.63, 3.8) is 0 Å². The number of nitrogens with one attached hydrogen (secondary N) is 1. The zero-order chi connectivity index (χ0) is 31.3. The highest BCUT2D eigenvalue weighted by Gasteiger charge is 2.29. The number of benzene rings is 5. The lowest BCUT2D eigenvalue weighted by Crippen LogP contribution is -2.30. The minimum Gasteiger partial charge on any atom is -0.505 e. The van der Waals surface area contributed by atoms with Gasteiger partial charge in [-0.1, -0.05) is 96.0 Å². The first-order valence-corrected chi connectivity index (χ1v) is 15.7. The molecule has 0 aliphatic rings. The summed E-state index contributed by atoms with van der Waals surface area (Å²) in [7, 11) is -4.33. The molecule has 1 amide bonds. The van der Waals surface area contributed by atoms with E-state index in [1.165, 1.54) is 30.3 Å². The van der Waals surface area contributed by atoms with Crippen LogP contribution in [0.1, 0.15) is 27.0 Å². The molecule has 0 aliphatic carbocycles. The first-order chi connectivity index (χ1) is 21.1. The van der Waals surface area contributed by atoms with Gasteiger partial charge in [0.1, 0.15) is 10.7 Å². The second-order valence-corrected chi connectivity index (χ2v) is 12.8. The highest BCUT2D eigenvalue weighted by Crippen LogP contribution is 2.36. The third-order valence-electron chi connectivity index (χ3n) is 6.95. The van der Waals surface area contributed by atoms with Gasteiger partial charge in [0.15, 0.2) is 5.75 Å². The lowest BCUT2D eigenvalue weighted by atomic mass is 10.0. The van der Waals surface area contributed by atoms with Gasteiger partial charge in [-0.2, -0.15) is 4.31 Å². The molecule has 224 valence electrons. The number of hydrogen-bond donors (Lipinski definition) is 2. The van der Waals surface area contributed by atoms with Crippen LogP contribution in [-0.4, -0.2) is 23.7 Å². The smallest absolute Gasteiger partial charge is 0.251 e. The minimum atomic E-state index is -4.33. The minimum absolute atomic E-state index is 0.0373. The third-order valence-corrected chi connectivity index (χ3v) is 9.26. The molecular formula is C34H27Cl2FN2O4S. The SMILES string of the molecule is O=C(NCc1cccc(-c2ccccc2)c1)c1ccc(CN(Cc2ccc(F)cc2)S(=O)(=O)c2cc(Cl)cc(Cl)c2O)cc1. The number of sulfonamides is 1. The van der Waals surface area contributed by atoms with E-state index in [2.05, 4.69) is 5.32 Å². The molecule has 0 radical (unpaired) electrons. The van der Waals surface area contributed by atoms with Crippen LogP contribution in [-0.2, 0) is 29.7 Å². The highest BCUT2D eigenvalue weighted by molar-refractivity contribution is 7.89. The van der Waals surface area contributed by atoms with Crippen LogP contribution in [0.5, 0.6) is 5.75 Å². The summed E-state index contributed by atoms with van der Waals surface area (Å²) in [6.45, 7) is 0.0879. The maximum absolute atomic E-state index is 13.8. The lowest BCUT2D eigenvalue weighted by molar-refractivity contribution is 0.0951. The molecule has 2 N–H and O–H groups in total. The van der Waals surface area contributed by atoms with Crippen molar-refractivity contribution >= 4 is 39.1 Å². The molecule has 0 heterocycles. The van der Waals surface area contributed by atoms with Crippen LogP contribution in [0.4, 0.5) is 4.39 Å². The largest absolute Gasteiger partial charge is 0.505 e. The Morgan fingerprint density at radius 1 is 0.750 bits per heavy atom. The topological polar surface area (TPSA) is 86.7 Å². The summed E-state index contributed by atoms with van der Waals surface area (Å²) < 4.78 is 42.2. The molecule has 0 bridgehead atoms. The number of carbonyl (C=O) groups excluding carboxylic acids is 1. The first-order valence-electron chi connectivity index (χ1n) is 13.5. The average molecular weight is 650 g/mol. The van der Waals surface area contributed by atoms with E-state index in [-0.39, 0.29) is 29.0 Å². The van der Waals surface area contributed by atoms with E-state index < -0.39 is 26.5 Å². The van der Waals surface area contributed by atoms with Crippen molar-refractivity contribution in [2.24, 2.45) is 0 Å². The average Bonchev–Trinajstić information content (AvgIpc) is 3.03. The standard InChI is InChI=1S/C34H27Cl2FN2O4S/c35-29-18-31(36)33(40)32(19-29)44(42,43)39(22-24-11-15-30(37)16-12-24)21-23-9-13-27(14-10-23)34(41)38-20-25-5-4-8-28(17-25)26-6-2-1-3-7-26/h1-19,40H,20-22H2,(H,38,41). The van der Waals surface area contributed by atoms with E-state index in [0.717, 1.165) is 27.1 Å².